The normalized spacial score (nSPS) is 23.2. The number of cyclic esters (lactones) is 1. The molecule has 548 valence electrons. The van der Waals surface area contributed by atoms with Gasteiger partial charge in [0, 0.05) is 78.2 Å². The van der Waals surface area contributed by atoms with E-state index in [1.165, 1.54) is 49.7 Å². The van der Waals surface area contributed by atoms with Gasteiger partial charge in [-0.1, -0.05) is 215 Å². The van der Waals surface area contributed by atoms with Gasteiger partial charge < -0.3 is 49.7 Å². The van der Waals surface area contributed by atoms with Crippen molar-refractivity contribution in [3.8, 4) is 11.1 Å². The third-order valence-corrected chi connectivity index (χ3v) is 20.8. The number of likely N-dealkylation sites (N-methyl/N-ethyl adjacent to an activating group) is 4. The molecule has 0 radical (unpaired) electrons. The van der Waals surface area contributed by atoms with Crippen molar-refractivity contribution in [2.24, 2.45) is 41.4 Å². The molecule has 0 bridgehead atoms. The van der Waals surface area contributed by atoms with Gasteiger partial charge in [-0.05, 0) is 112 Å². The monoisotopic (exact) mass is 1400 g/mol. The summed E-state index contributed by atoms with van der Waals surface area (Å²) < 4.78 is 6.17. The number of aliphatic hydroxyl groups is 1. The smallest absolute Gasteiger partial charge is 0.450 e. The highest BCUT2D eigenvalue weighted by Gasteiger charge is 2.48. The van der Waals surface area contributed by atoms with Crippen LogP contribution in [0.3, 0.4) is 0 Å². The molecule has 102 heavy (non-hydrogen) atoms. The minimum Gasteiger partial charge on any atom is -0.450 e. The molecule has 0 spiro atoms. The molecule has 2 aliphatic rings. The topological polar surface area (TPSA) is 252 Å². The molecule has 0 aliphatic carbocycles. The fourth-order valence-electron chi connectivity index (χ4n) is 14.9. The van der Waals surface area contributed by atoms with Gasteiger partial charge in [-0.25, -0.2) is 4.79 Å². The first-order valence-corrected chi connectivity index (χ1v) is 36.3. The molecular formula is C82H109BN6O13. The molecular weight excluding hydrogens is 1290 g/mol. The molecule has 11 atom stereocenters. The molecule has 3 unspecified atom stereocenters. The average molecular weight is 1400 g/mol. The van der Waals surface area contributed by atoms with Crippen LogP contribution in [-0.2, 0) is 60.7 Å². The lowest BCUT2D eigenvalue weighted by molar-refractivity contribution is -0.178. The maximum Gasteiger partial charge on any atom is 0.489 e. The Morgan fingerprint density at radius 3 is 1.73 bits per heavy atom. The van der Waals surface area contributed by atoms with Crippen LogP contribution in [-0.4, -0.2) is 182 Å². The highest BCUT2D eigenvalue weighted by molar-refractivity contribution is 6.62. The first kappa shape index (κ1) is 80.7. The van der Waals surface area contributed by atoms with Crippen LogP contribution < -0.4 is 10.8 Å². The number of fused-ring (bicyclic) bond motifs is 3. The third kappa shape index (κ3) is 19.6. The van der Waals surface area contributed by atoms with E-state index < -0.39 is 132 Å². The largest absolute Gasteiger partial charge is 0.489 e. The number of amides is 6. The quantitative estimate of drug-likeness (QED) is 0.0552. The maximum absolute atomic E-state index is 15.8. The van der Waals surface area contributed by atoms with Crippen molar-refractivity contribution in [2.45, 2.75) is 189 Å². The number of hydrogen-bond acceptors (Lipinski definition) is 13. The molecule has 4 N–H and O–H groups in total. The van der Waals surface area contributed by atoms with E-state index in [0.717, 1.165) is 43.1 Å². The first-order chi connectivity index (χ1) is 48.2. The van der Waals surface area contributed by atoms with Crippen LogP contribution in [0.2, 0.25) is 0 Å². The predicted octanol–water partition coefficient (Wildman–Crippen LogP) is 9.89. The van der Waals surface area contributed by atoms with Crippen molar-refractivity contribution >= 4 is 87.1 Å². The van der Waals surface area contributed by atoms with Gasteiger partial charge in [0.2, 0.25) is 29.5 Å². The number of carbonyl (C=O) groups is 9. The molecule has 0 aromatic heterocycles. The summed E-state index contributed by atoms with van der Waals surface area (Å²) in [5, 5.41) is 37.0. The van der Waals surface area contributed by atoms with Crippen LogP contribution in [0, 0.1) is 41.4 Å². The maximum atomic E-state index is 15.8. The fourth-order valence-corrected chi connectivity index (χ4v) is 14.9. The van der Waals surface area contributed by atoms with Crippen molar-refractivity contribution in [1.29, 1.82) is 0 Å². The molecule has 20 heteroatoms. The number of nitrogens with zero attached hydrogens (tertiary/aromatic N) is 5. The minimum atomic E-state index is -1.95. The van der Waals surface area contributed by atoms with E-state index in [2.05, 4.69) is 11.4 Å². The summed E-state index contributed by atoms with van der Waals surface area (Å²) in [6.07, 6.45) is -0.231. The zero-order valence-electron chi connectivity index (χ0n) is 62.7. The Morgan fingerprint density at radius 2 is 1.13 bits per heavy atom. The van der Waals surface area contributed by atoms with Gasteiger partial charge in [-0.2, -0.15) is 0 Å². The van der Waals surface area contributed by atoms with Crippen molar-refractivity contribution < 1.29 is 63.0 Å². The van der Waals surface area contributed by atoms with E-state index in [1.807, 2.05) is 176 Å². The van der Waals surface area contributed by atoms with Gasteiger partial charge in [0.15, 0.2) is 23.7 Å². The number of Topliss-reactive ketones (excluding diaryl/α,β-unsaturated/α-hetero) is 2. The Kier molecular flexibility index (Phi) is 28.5. The number of rotatable bonds is 15. The van der Waals surface area contributed by atoms with Crippen molar-refractivity contribution in [3.63, 3.8) is 0 Å². The number of hydrogen-bond donors (Lipinski definition) is 4. The summed E-state index contributed by atoms with van der Waals surface area (Å²) in [5.41, 5.74) is 1.89. The average Bonchev–Trinajstić information content (AvgIpc) is 1.23. The van der Waals surface area contributed by atoms with E-state index in [0.29, 0.717) is 36.7 Å². The number of nitrogens with one attached hydrogen (secondary N) is 1. The lowest BCUT2D eigenvalue weighted by atomic mass is 9.77. The summed E-state index contributed by atoms with van der Waals surface area (Å²) in [5.74, 6) is -9.46. The number of esters is 1. The van der Waals surface area contributed by atoms with Crippen LogP contribution >= 0.6 is 0 Å². The summed E-state index contributed by atoms with van der Waals surface area (Å²) in [7, 11) is 4.47. The Hall–Kier alpha value is -8.59. The zero-order chi connectivity index (χ0) is 75.2. The fraction of sp³-hybridized carbons (Fsp3) is 0.500. The second-order valence-electron chi connectivity index (χ2n) is 30.0. The van der Waals surface area contributed by atoms with E-state index in [4.69, 9.17) is 14.8 Å². The highest BCUT2D eigenvalue weighted by Crippen LogP contribution is 2.34. The predicted molar refractivity (Wildman–Crippen MR) is 400 cm³/mol. The summed E-state index contributed by atoms with van der Waals surface area (Å²) >= 11 is 0. The molecule has 0 saturated carbocycles. The van der Waals surface area contributed by atoms with Gasteiger partial charge in [0.05, 0.1) is 17.7 Å². The highest BCUT2D eigenvalue weighted by atomic mass is 16.6. The SMILES string of the molecule is CCC(C)[C@@H]1CC(=O)[C@@H]2CCCN2C(=O)[C@H](Cc2cccc(-c3cccc4ccccc34)c2)N(C)C(=O)[C@H](Cc2ccccc2)NC(=O)[C@H](C(C)C)N(C)C(=O)[C@@H](C(C)CC)OC(=O)[C@H](C(C)(C)O)N(C)C(=O)C(CC(C)C)CC(=O)[C@H](C(C)C)N(C)C1=O.OB(O)c1cccc2ccccc12. The van der Waals surface area contributed by atoms with Crippen molar-refractivity contribution in [1.82, 2.24) is 29.8 Å². The van der Waals surface area contributed by atoms with Crippen LogP contribution in [0.5, 0.6) is 0 Å². The lowest BCUT2D eigenvalue weighted by Crippen LogP contribution is -2.61. The van der Waals surface area contributed by atoms with Gasteiger partial charge in [-0.15, -0.1) is 0 Å². The number of carbonyl (C=O) groups excluding carboxylic acids is 9. The first-order valence-electron chi connectivity index (χ1n) is 36.3. The van der Waals surface area contributed by atoms with Crippen LogP contribution in [0.1, 0.15) is 139 Å². The molecule has 6 aromatic carbocycles. The number of benzene rings is 6. The second kappa shape index (κ2) is 36.0. The summed E-state index contributed by atoms with van der Waals surface area (Å²) in [6, 6.07) is 36.7. The number of ether oxygens (including phenoxy) is 1. The van der Waals surface area contributed by atoms with E-state index in [-0.39, 0.29) is 56.3 Å². The lowest BCUT2D eigenvalue weighted by Gasteiger charge is -2.39. The molecule has 2 saturated heterocycles. The second-order valence-corrected chi connectivity index (χ2v) is 30.0. The molecule has 2 aliphatic heterocycles. The van der Waals surface area contributed by atoms with Crippen molar-refractivity contribution in [2.75, 3.05) is 34.7 Å². The van der Waals surface area contributed by atoms with E-state index in [1.54, 1.807) is 38.8 Å². The van der Waals surface area contributed by atoms with Gasteiger partial charge >= 0.3 is 13.1 Å². The minimum absolute atomic E-state index is 0.0149. The van der Waals surface area contributed by atoms with Gasteiger partial charge in [-0.3, -0.25) is 38.4 Å². The third-order valence-electron chi connectivity index (χ3n) is 20.8. The molecule has 2 heterocycles. The molecule has 6 amide bonds. The van der Waals surface area contributed by atoms with E-state index in [9.17, 15) is 19.5 Å². The molecule has 8 rings (SSSR count). The molecule has 6 aromatic rings. The molecule has 19 nitrogen and oxygen atoms in total. The van der Waals surface area contributed by atoms with Crippen LogP contribution in [0.4, 0.5) is 0 Å². The number of ketones is 2. The standard InChI is InChI=1S/C72H100N6O11.C10H9BO2/c1-17-46(9)55-42-59(79)57-35-26-36-78(57)69(85)58(40-49-29-24-32-51(38-49)54-34-25-31-50-30-22-23-33-53(50)54)74(13)68(84)56(39-48-27-20-19-21-28-48)73-65(81)62(45(7)8)76(15)70(86)63(47(10)18-2)89-71(87)64(72(11,12)88)77(16)66(82)52(37-43(3)4)41-60(80)61(44(5)6)75(14)67(55)83;12-11(13)10-7-3-5-8-4-1-2-6-9(8)10/h19-25,27-34,38,43-47,52,55-58,61-64,88H,17-18,26,35-37,39-42H2,1-16H3,(H,73,81);1-7,12-13H/t46?,47?,52?,55-,56-,57-,58-,61-,62-,63+,64+;/m0./s1. The summed E-state index contributed by atoms with van der Waals surface area (Å²) in [6.45, 7) is 21.2. The zero-order valence-corrected chi connectivity index (χ0v) is 62.7. The Balaban J connectivity index is 0.000000997. The Labute approximate surface area is 603 Å². The van der Waals surface area contributed by atoms with Gasteiger partial charge in [0.25, 0.3) is 5.91 Å². The Bertz CT molecular complexity index is 3900. The van der Waals surface area contributed by atoms with Crippen LogP contribution in [0.15, 0.2) is 140 Å². The Morgan fingerprint density at radius 1 is 0.569 bits per heavy atom. The molecule has 2 fully saturated rings. The van der Waals surface area contributed by atoms with Crippen molar-refractivity contribution in [3.05, 3.63) is 151 Å². The summed E-state index contributed by atoms with van der Waals surface area (Å²) in [4.78, 5) is 144. The van der Waals surface area contributed by atoms with Gasteiger partial charge in [0.1, 0.15) is 18.1 Å². The van der Waals surface area contributed by atoms with Crippen LogP contribution in [0.25, 0.3) is 32.7 Å². The van der Waals surface area contributed by atoms with E-state index >= 15 is 28.8 Å².